The van der Waals surface area contributed by atoms with Gasteiger partial charge in [-0.05, 0) is 44.5 Å². The van der Waals surface area contributed by atoms with Gasteiger partial charge in [-0.1, -0.05) is 6.07 Å². The summed E-state index contributed by atoms with van der Waals surface area (Å²) < 4.78 is 49.2. The standard InChI is InChI=1S/C20H24F3N3O3/c1-13(2)28-12-19(27)26-7-6-14(10-26)18-9-16(24-25-18)11-29-17-5-3-4-15(8-17)20(21,22)23/h3-5,8-9,13-14H,6-7,10-12H2,1-2H3,(H,24,25)/t14-/m1/s1. The molecule has 6 nitrogen and oxygen atoms in total. The summed E-state index contributed by atoms with van der Waals surface area (Å²) in [6, 6.07) is 6.59. The molecule has 1 atom stereocenters. The number of H-pyrrole nitrogens is 1. The highest BCUT2D eigenvalue weighted by atomic mass is 19.4. The van der Waals surface area contributed by atoms with E-state index in [1.54, 1.807) is 4.90 Å². The summed E-state index contributed by atoms with van der Waals surface area (Å²) in [7, 11) is 0. The van der Waals surface area contributed by atoms with Crippen LogP contribution >= 0.6 is 0 Å². The van der Waals surface area contributed by atoms with Gasteiger partial charge in [0.25, 0.3) is 0 Å². The molecule has 9 heteroatoms. The van der Waals surface area contributed by atoms with Crippen molar-refractivity contribution < 1.29 is 27.4 Å². The molecular weight excluding hydrogens is 387 g/mol. The molecule has 1 amide bonds. The van der Waals surface area contributed by atoms with Crippen molar-refractivity contribution in [3.05, 3.63) is 47.3 Å². The van der Waals surface area contributed by atoms with Crippen LogP contribution in [-0.2, 0) is 22.3 Å². The number of hydrogen-bond donors (Lipinski definition) is 1. The number of likely N-dealkylation sites (tertiary alicyclic amines) is 1. The topological polar surface area (TPSA) is 67.4 Å². The zero-order chi connectivity index (χ0) is 21.0. The molecule has 1 aliphatic rings. The van der Waals surface area contributed by atoms with Gasteiger partial charge < -0.3 is 14.4 Å². The lowest BCUT2D eigenvalue weighted by molar-refractivity contribution is -0.138. The fourth-order valence-electron chi connectivity index (χ4n) is 3.14. The van der Waals surface area contributed by atoms with E-state index in [1.807, 2.05) is 19.9 Å². The Hall–Kier alpha value is -2.55. The Labute approximate surface area is 167 Å². The van der Waals surface area contributed by atoms with Crippen molar-refractivity contribution in [2.75, 3.05) is 19.7 Å². The van der Waals surface area contributed by atoms with E-state index in [-0.39, 0.29) is 36.9 Å². The summed E-state index contributed by atoms with van der Waals surface area (Å²) in [5.74, 6) is 0.208. The van der Waals surface area contributed by atoms with Crippen LogP contribution in [0.5, 0.6) is 5.75 Å². The smallest absolute Gasteiger partial charge is 0.416 e. The molecule has 0 spiro atoms. The zero-order valence-corrected chi connectivity index (χ0v) is 16.3. The van der Waals surface area contributed by atoms with E-state index >= 15 is 0 Å². The molecule has 158 valence electrons. The SMILES string of the molecule is CC(C)OCC(=O)N1CC[C@@H](c2cc(COc3cccc(C(F)(F)F)c3)[nH]n2)C1. The second-order valence-electron chi connectivity index (χ2n) is 7.32. The van der Waals surface area contributed by atoms with Crippen LogP contribution in [-0.4, -0.2) is 46.8 Å². The molecule has 0 aliphatic carbocycles. The largest absolute Gasteiger partial charge is 0.487 e. The number of benzene rings is 1. The van der Waals surface area contributed by atoms with E-state index in [2.05, 4.69) is 10.2 Å². The third-order valence-electron chi connectivity index (χ3n) is 4.71. The van der Waals surface area contributed by atoms with Gasteiger partial charge >= 0.3 is 6.18 Å². The van der Waals surface area contributed by atoms with Gasteiger partial charge in [-0.2, -0.15) is 18.3 Å². The number of rotatable bonds is 7. The average Bonchev–Trinajstić information content (AvgIpc) is 3.33. The molecular formula is C20H24F3N3O3. The number of alkyl halides is 3. The number of hydrogen-bond acceptors (Lipinski definition) is 4. The van der Waals surface area contributed by atoms with E-state index in [0.29, 0.717) is 18.8 Å². The van der Waals surface area contributed by atoms with E-state index in [4.69, 9.17) is 9.47 Å². The highest BCUT2D eigenvalue weighted by Crippen LogP contribution is 2.31. The number of nitrogens with zero attached hydrogens (tertiary/aromatic N) is 2. The number of aromatic nitrogens is 2. The number of nitrogens with one attached hydrogen (secondary N) is 1. The van der Waals surface area contributed by atoms with Gasteiger partial charge in [-0.25, -0.2) is 0 Å². The molecule has 3 rings (SSSR count). The van der Waals surface area contributed by atoms with Crippen LogP contribution in [0, 0.1) is 0 Å². The summed E-state index contributed by atoms with van der Waals surface area (Å²) in [5, 5.41) is 7.14. The van der Waals surface area contributed by atoms with Crippen LogP contribution in [0.2, 0.25) is 0 Å². The van der Waals surface area contributed by atoms with Gasteiger partial charge in [-0.15, -0.1) is 0 Å². The normalized spacial score (nSPS) is 17.2. The predicted molar refractivity (Wildman–Crippen MR) is 99.4 cm³/mol. The molecule has 1 saturated heterocycles. The van der Waals surface area contributed by atoms with Crippen molar-refractivity contribution >= 4 is 5.91 Å². The van der Waals surface area contributed by atoms with Gasteiger partial charge in [0.2, 0.25) is 5.91 Å². The number of halogens is 3. The van der Waals surface area contributed by atoms with Gasteiger partial charge in [0.1, 0.15) is 19.0 Å². The maximum absolute atomic E-state index is 12.8. The van der Waals surface area contributed by atoms with Crippen molar-refractivity contribution in [3.8, 4) is 5.75 Å². The highest BCUT2D eigenvalue weighted by Gasteiger charge is 2.31. The van der Waals surface area contributed by atoms with Crippen molar-refractivity contribution in [3.63, 3.8) is 0 Å². The minimum Gasteiger partial charge on any atom is -0.487 e. The Morgan fingerprint density at radius 2 is 2.14 bits per heavy atom. The molecule has 1 aromatic carbocycles. The van der Waals surface area contributed by atoms with E-state index in [9.17, 15) is 18.0 Å². The van der Waals surface area contributed by atoms with Crippen LogP contribution in [0.4, 0.5) is 13.2 Å². The minimum absolute atomic E-state index is 0.00285. The molecule has 29 heavy (non-hydrogen) atoms. The molecule has 2 heterocycles. The lowest BCUT2D eigenvalue weighted by Crippen LogP contribution is -2.32. The Kier molecular flexibility index (Phi) is 6.46. The molecule has 1 aromatic heterocycles. The lowest BCUT2D eigenvalue weighted by Gasteiger charge is -2.17. The molecule has 1 aliphatic heterocycles. The van der Waals surface area contributed by atoms with Crippen molar-refractivity contribution in [2.45, 2.75) is 45.1 Å². The maximum Gasteiger partial charge on any atom is 0.416 e. The summed E-state index contributed by atoms with van der Waals surface area (Å²) >= 11 is 0. The Morgan fingerprint density at radius 3 is 2.86 bits per heavy atom. The third kappa shape index (κ3) is 5.72. The first-order valence-corrected chi connectivity index (χ1v) is 9.46. The summed E-state index contributed by atoms with van der Waals surface area (Å²) in [6.07, 6.45) is -3.61. The zero-order valence-electron chi connectivity index (χ0n) is 16.3. The summed E-state index contributed by atoms with van der Waals surface area (Å²) in [4.78, 5) is 13.9. The molecule has 0 unspecified atom stereocenters. The third-order valence-corrected chi connectivity index (χ3v) is 4.71. The lowest BCUT2D eigenvalue weighted by atomic mass is 10.1. The quantitative estimate of drug-likeness (QED) is 0.754. The first-order valence-electron chi connectivity index (χ1n) is 9.46. The Balaban J connectivity index is 1.53. The number of ether oxygens (including phenoxy) is 2. The fraction of sp³-hybridized carbons (Fsp3) is 0.500. The maximum atomic E-state index is 12.8. The van der Waals surface area contributed by atoms with E-state index < -0.39 is 11.7 Å². The number of carbonyl (C=O) groups excluding carboxylic acids is 1. The van der Waals surface area contributed by atoms with Crippen LogP contribution in [0.15, 0.2) is 30.3 Å². The molecule has 0 bridgehead atoms. The number of amides is 1. The van der Waals surface area contributed by atoms with Gasteiger partial charge in [-0.3, -0.25) is 9.89 Å². The predicted octanol–water partition coefficient (Wildman–Crippen LogP) is 3.75. The Bertz CT molecular complexity index is 836. The minimum atomic E-state index is -4.41. The molecule has 1 N–H and O–H groups in total. The average molecular weight is 411 g/mol. The molecule has 0 radical (unpaired) electrons. The molecule has 1 fully saturated rings. The van der Waals surface area contributed by atoms with Gasteiger partial charge in [0.15, 0.2) is 0 Å². The van der Waals surface area contributed by atoms with Gasteiger partial charge in [0.05, 0.1) is 23.1 Å². The van der Waals surface area contributed by atoms with Crippen LogP contribution in [0.25, 0.3) is 0 Å². The second kappa shape index (κ2) is 8.86. The van der Waals surface area contributed by atoms with Crippen molar-refractivity contribution in [2.24, 2.45) is 0 Å². The molecule has 2 aromatic rings. The van der Waals surface area contributed by atoms with Crippen LogP contribution in [0.1, 0.15) is 43.1 Å². The Morgan fingerprint density at radius 1 is 1.34 bits per heavy atom. The van der Waals surface area contributed by atoms with E-state index in [1.165, 1.54) is 12.1 Å². The first kappa shape index (κ1) is 21.2. The fourth-order valence-corrected chi connectivity index (χ4v) is 3.14. The number of aromatic amines is 1. The van der Waals surface area contributed by atoms with Gasteiger partial charge in [0, 0.05) is 19.0 Å². The summed E-state index contributed by atoms with van der Waals surface area (Å²) in [6.45, 7) is 5.12. The number of carbonyl (C=O) groups is 1. The van der Waals surface area contributed by atoms with Crippen molar-refractivity contribution in [1.29, 1.82) is 0 Å². The van der Waals surface area contributed by atoms with Crippen molar-refractivity contribution in [1.82, 2.24) is 15.1 Å². The van der Waals surface area contributed by atoms with Crippen LogP contribution in [0.3, 0.4) is 0 Å². The monoisotopic (exact) mass is 411 g/mol. The van der Waals surface area contributed by atoms with E-state index in [0.717, 1.165) is 24.2 Å². The highest BCUT2D eigenvalue weighted by molar-refractivity contribution is 5.77. The van der Waals surface area contributed by atoms with Crippen LogP contribution < -0.4 is 4.74 Å². The molecule has 0 saturated carbocycles. The first-order chi connectivity index (χ1) is 13.7. The summed E-state index contributed by atoms with van der Waals surface area (Å²) in [5.41, 5.74) is 0.718. The second-order valence-corrected chi connectivity index (χ2v) is 7.32.